The summed E-state index contributed by atoms with van der Waals surface area (Å²) in [5, 5.41) is 4.02. The molecule has 27 heavy (non-hydrogen) atoms. The number of benzene rings is 3. The van der Waals surface area contributed by atoms with Crippen LogP contribution in [0.2, 0.25) is 0 Å². The van der Waals surface area contributed by atoms with E-state index in [-0.39, 0.29) is 5.91 Å². The number of nitrogens with one attached hydrogen (secondary N) is 2. The Kier molecular flexibility index (Phi) is 4.38. The van der Waals surface area contributed by atoms with Crippen LogP contribution in [0.3, 0.4) is 0 Å². The Morgan fingerprint density at radius 1 is 0.889 bits per heavy atom. The van der Waals surface area contributed by atoms with Crippen LogP contribution in [0, 0.1) is 13.8 Å². The molecule has 0 aliphatic carbocycles. The van der Waals surface area contributed by atoms with E-state index in [1.807, 2.05) is 80.6 Å². The van der Waals surface area contributed by atoms with Crippen molar-refractivity contribution in [1.29, 1.82) is 0 Å². The maximum atomic E-state index is 12.7. The highest BCUT2D eigenvalue weighted by Crippen LogP contribution is 2.25. The van der Waals surface area contributed by atoms with Gasteiger partial charge in [-0.15, -0.1) is 0 Å². The van der Waals surface area contributed by atoms with Crippen LogP contribution in [0.25, 0.3) is 10.9 Å². The molecule has 4 nitrogen and oxygen atoms in total. The molecule has 4 rings (SSSR count). The van der Waals surface area contributed by atoms with Crippen molar-refractivity contribution in [3.05, 3.63) is 89.6 Å². The Bertz CT molecular complexity index is 1100. The maximum Gasteiger partial charge on any atom is 0.272 e. The molecule has 0 atom stereocenters. The van der Waals surface area contributed by atoms with E-state index in [4.69, 9.17) is 4.74 Å². The molecule has 1 heterocycles. The van der Waals surface area contributed by atoms with Crippen molar-refractivity contribution in [2.24, 2.45) is 0 Å². The smallest absolute Gasteiger partial charge is 0.272 e. The molecule has 1 amide bonds. The number of carbonyl (C=O) groups is 1. The van der Waals surface area contributed by atoms with E-state index in [2.05, 4.69) is 16.4 Å². The summed E-state index contributed by atoms with van der Waals surface area (Å²) in [4.78, 5) is 15.9. The molecule has 1 aromatic heterocycles. The Labute approximate surface area is 157 Å². The number of rotatable bonds is 4. The van der Waals surface area contributed by atoms with Gasteiger partial charge < -0.3 is 15.0 Å². The van der Waals surface area contributed by atoms with Gasteiger partial charge in [0, 0.05) is 16.6 Å². The number of H-pyrrole nitrogens is 1. The number of para-hydroxylation sites is 1. The number of aromatic nitrogens is 1. The molecule has 0 radical (unpaired) electrons. The highest BCUT2D eigenvalue weighted by atomic mass is 16.5. The van der Waals surface area contributed by atoms with E-state index in [0.29, 0.717) is 5.69 Å². The lowest BCUT2D eigenvalue weighted by Crippen LogP contribution is -2.13. The molecular weight excluding hydrogens is 336 g/mol. The summed E-state index contributed by atoms with van der Waals surface area (Å²) in [6.07, 6.45) is 0. The van der Waals surface area contributed by atoms with E-state index in [1.165, 1.54) is 5.56 Å². The highest BCUT2D eigenvalue weighted by molar-refractivity contribution is 6.07. The van der Waals surface area contributed by atoms with Gasteiger partial charge in [0.2, 0.25) is 0 Å². The van der Waals surface area contributed by atoms with Gasteiger partial charge in [-0.05, 0) is 67.9 Å². The molecule has 0 spiro atoms. The van der Waals surface area contributed by atoms with Crippen LogP contribution >= 0.6 is 0 Å². The van der Waals surface area contributed by atoms with Gasteiger partial charge in [0.25, 0.3) is 5.91 Å². The fraction of sp³-hybridized carbons (Fsp3) is 0.0870. The van der Waals surface area contributed by atoms with Crippen LogP contribution in [0.1, 0.15) is 21.6 Å². The lowest BCUT2D eigenvalue weighted by Gasteiger charge is -2.08. The summed E-state index contributed by atoms with van der Waals surface area (Å²) in [5.74, 6) is 1.34. The molecule has 134 valence electrons. The van der Waals surface area contributed by atoms with Crippen molar-refractivity contribution in [2.75, 3.05) is 5.32 Å². The molecule has 0 aliphatic rings. The van der Waals surface area contributed by atoms with Gasteiger partial charge in [-0.2, -0.15) is 0 Å². The minimum Gasteiger partial charge on any atom is -0.457 e. The molecule has 0 aliphatic heterocycles. The zero-order chi connectivity index (χ0) is 18.8. The van der Waals surface area contributed by atoms with Crippen molar-refractivity contribution < 1.29 is 9.53 Å². The van der Waals surface area contributed by atoms with Crippen LogP contribution in [-0.4, -0.2) is 10.9 Å². The minimum atomic E-state index is -0.155. The third-order valence-corrected chi connectivity index (χ3v) is 4.53. The summed E-state index contributed by atoms with van der Waals surface area (Å²) in [7, 11) is 0. The highest BCUT2D eigenvalue weighted by Gasteiger charge is 2.15. The number of aromatic amines is 1. The maximum absolute atomic E-state index is 12.7. The summed E-state index contributed by atoms with van der Waals surface area (Å²) >= 11 is 0. The number of aryl methyl sites for hydroxylation is 2. The second-order valence-corrected chi connectivity index (χ2v) is 6.57. The Hall–Kier alpha value is -3.53. The summed E-state index contributed by atoms with van der Waals surface area (Å²) in [6.45, 7) is 4.01. The molecule has 0 saturated heterocycles. The molecule has 0 fully saturated rings. The van der Waals surface area contributed by atoms with Crippen molar-refractivity contribution >= 4 is 22.5 Å². The summed E-state index contributed by atoms with van der Waals surface area (Å²) < 4.78 is 5.77. The molecule has 4 heteroatoms. The number of fused-ring (bicyclic) bond motifs is 1. The van der Waals surface area contributed by atoms with E-state index in [9.17, 15) is 4.79 Å². The van der Waals surface area contributed by atoms with E-state index >= 15 is 0 Å². The van der Waals surface area contributed by atoms with Crippen LogP contribution in [0.4, 0.5) is 5.69 Å². The number of anilines is 1. The van der Waals surface area contributed by atoms with Crippen molar-refractivity contribution in [2.45, 2.75) is 13.8 Å². The third-order valence-electron chi connectivity index (χ3n) is 4.53. The molecule has 3 aromatic carbocycles. The first kappa shape index (κ1) is 16.9. The fourth-order valence-electron chi connectivity index (χ4n) is 3.09. The van der Waals surface area contributed by atoms with Crippen LogP contribution in [0.5, 0.6) is 11.5 Å². The monoisotopic (exact) mass is 356 g/mol. The summed E-state index contributed by atoms with van der Waals surface area (Å²) in [5.41, 5.74) is 4.39. The first-order valence-electron chi connectivity index (χ1n) is 8.83. The quantitative estimate of drug-likeness (QED) is 0.483. The molecule has 2 N–H and O–H groups in total. The average molecular weight is 356 g/mol. The SMILES string of the molecule is Cc1ccc2[nH]c(C(=O)Nc3ccc(Oc4ccccc4)cc3)c(C)c2c1. The Morgan fingerprint density at radius 3 is 2.33 bits per heavy atom. The zero-order valence-electron chi connectivity index (χ0n) is 15.2. The number of hydrogen-bond acceptors (Lipinski definition) is 2. The number of ether oxygens (including phenoxy) is 1. The van der Waals surface area contributed by atoms with E-state index in [1.54, 1.807) is 0 Å². The lowest BCUT2D eigenvalue weighted by atomic mass is 10.1. The predicted octanol–water partition coefficient (Wildman–Crippen LogP) is 5.83. The number of carbonyl (C=O) groups excluding carboxylic acids is 1. The first-order chi connectivity index (χ1) is 13.1. The van der Waals surface area contributed by atoms with Gasteiger partial charge >= 0.3 is 0 Å². The van der Waals surface area contributed by atoms with Crippen molar-refractivity contribution in [1.82, 2.24) is 4.98 Å². The fourth-order valence-corrected chi connectivity index (χ4v) is 3.09. The van der Waals surface area contributed by atoms with Gasteiger partial charge in [0.1, 0.15) is 17.2 Å². The second-order valence-electron chi connectivity index (χ2n) is 6.57. The zero-order valence-corrected chi connectivity index (χ0v) is 15.2. The first-order valence-corrected chi connectivity index (χ1v) is 8.83. The third kappa shape index (κ3) is 3.55. The number of amides is 1. The van der Waals surface area contributed by atoms with Crippen molar-refractivity contribution in [3.8, 4) is 11.5 Å². The van der Waals surface area contributed by atoms with Crippen LogP contribution < -0.4 is 10.1 Å². The molecule has 0 saturated carbocycles. The lowest BCUT2D eigenvalue weighted by molar-refractivity contribution is 0.102. The molecule has 0 unspecified atom stereocenters. The van der Waals surface area contributed by atoms with Gasteiger partial charge in [0.05, 0.1) is 0 Å². The van der Waals surface area contributed by atoms with Crippen molar-refractivity contribution in [3.63, 3.8) is 0 Å². The van der Waals surface area contributed by atoms with E-state index in [0.717, 1.165) is 33.7 Å². The largest absolute Gasteiger partial charge is 0.457 e. The normalized spacial score (nSPS) is 10.7. The van der Waals surface area contributed by atoms with Crippen LogP contribution in [-0.2, 0) is 0 Å². The van der Waals surface area contributed by atoms with Gasteiger partial charge in [-0.3, -0.25) is 4.79 Å². The Morgan fingerprint density at radius 2 is 1.59 bits per heavy atom. The second kappa shape index (κ2) is 7.00. The van der Waals surface area contributed by atoms with Gasteiger partial charge in [0.15, 0.2) is 0 Å². The Balaban J connectivity index is 1.50. The van der Waals surface area contributed by atoms with Crippen LogP contribution in [0.15, 0.2) is 72.8 Å². The molecule has 0 bridgehead atoms. The molecular formula is C23H20N2O2. The standard InChI is InChI=1S/C23H20N2O2/c1-15-8-13-21-20(14-15)16(2)22(25-21)23(26)24-17-9-11-19(12-10-17)27-18-6-4-3-5-7-18/h3-14,25H,1-2H3,(H,24,26). The van der Waals surface area contributed by atoms with Gasteiger partial charge in [-0.1, -0.05) is 29.8 Å². The van der Waals surface area contributed by atoms with Gasteiger partial charge in [-0.25, -0.2) is 0 Å². The number of hydrogen-bond donors (Lipinski definition) is 2. The predicted molar refractivity (Wildman–Crippen MR) is 109 cm³/mol. The topological polar surface area (TPSA) is 54.1 Å². The minimum absolute atomic E-state index is 0.155. The van der Waals surface area contributed by atoms with E-state index < -0.39 is 0 Å². The average Bonchev–Trinajstić information content (AvgIpc) is 3.00. The molecule has 4 aromatic rings. The summed E-state index contributed by atoms with van der Waals surface area (Å²) in [6, 6.07) is 23.1.